The van der Waals surface area contributed by atoms with Crippen LogP contribution in [0.3, 0.4) is 0 Å². The highest BCUT2D eigenvalue weighted by molar-refractivity contribution is 7.99. The monoisotopic (exact) mass is 446 g/mol. The van der Waals surface area contributed by atoms with E-state index in [0.29, 0.717) is 5.75 Å². The van der Waals surface area contributed by atoms with Crippen molar-refractivity contribution in [1.29, 1.82) is 0 Å². The van der Waals surface area contributed by atoms with Crippen LogP contribution in [0, 0.1) is 6.92 Å². The third-order valence-electron chi connectivity index (χ3n) is 3.50. The molecule has 0 bridgehead atoms. The van der Waals surface area contributed by atoms with Crippen molar-refractivity contribution in [3.63, 3.8) is 0 Å². The Bertz CT molecular complexity index is 879. The number of alkyl halides is 3. The third-order valence-corrected chi connectivity index (χ3v) is 4.96. The van der Waals surface area contributed by atoms with Gasteiger partial charge in [-0.15, -0.1) is 11.8 Å². The number of methoxy groups -OCH3 is 1. The van der Waals surface area contributed by atoms with Gasteiger partial charge in [-0.25, -0.2) is 0 Å². The van der Waals surface area contributed by atoms with Crippen LogP contribution in [-0.4, -0.2) is 25.6 Å². The minimum Gasteiger partial charge on any atom is -0.496 e. The first-order valence-electron chi connectivity index (χ1n) is 8.05. The number of hydrogen-bond acceptors (Lipinski definition) is 5. The van der Waals surface area contributed by atoms with Crippen molar-refractivity contribution < 1.29 is 32.2 Å². The number of carbonyl (C=O) groups excluding carboxylic acids is 2. The van der Waals surface area contributed by atoms with Gasteiger partial charge in [0.05, 0.1) is 17.7 Å². The largest absolute Gasteiger partial charge is 0.496 e. The van der Waals surface area contributed by atoms with E-state index in [1.807, 2.05) is 25.1 Å². The summed E-state index contributed by atoms with van der Waals surface area (Å²) in [5.74, 6) is 1.51. The molecule has 0 heterocycles. The number of hydrogen-bond donors (Lipinski definition) is 0. The van der Waals surface area contributed by atoms with Crippen LogP contribution in [0.25, 0.3) is 0 Å². The van der Waals surface area contributed by atoms with Gasteiger partial charge >= 0.3 is 12.3 Å². The molecule has 2 aromatic rings. The molecule has 29 heavy (non-hydrogen) atoms. The van der Waals surface area contributed by atoms with Gasteiger partial charge in [0.15, 0.2) is 0 Å². The van der Waals surface area contributed by atoms with Crippen LogP contribution >= 0.6 is 23.4 Å². The van der Waals surface area contributed by atoms with Gasteiger partial charge in [0.25, 0.3) is 0 Å². The zero-order valence-corrected chi connectivity index (χ0v) is 17.2. The molecule has 0 saturated carbocycles. The Morgan fingerprint density at radius 3 is 2.41 bits per heavy atom. The fraction of sp³-hybridized carbons (Fsp3) is 0.250. The molecule has 9 heteroatoms. The second-order valence-electron chi connectivity index (χ2n) is 5.68. The Labute approximate surface area is 175 Å². The Morgan fingerprint density at radius 1 is 1.21 bits per heavy atom. The molecule has 0 aliphatic rings. The molecular weight excluding hydrogens is 429 g/mol. The second kappa shape index (κ2) is 11.6. The lowest BCUT2D eigenvalue weighted by Gasteiger charge is -2.13. The molecule has 2 rings (SSSR count). The zero-order valence-electron chi connectivity index (χ0n) is 15.6. The quantitative estimate of drug-likeness (QED) is 0.396. The summed E-state index contributed by atoms with van der Waals surface area (Å²) in [6.07, 6.45) is -4.27. The van der Waals surface area contributed by atoms with E-state index in [1.54, 1.807) is 18.9 Å². The number of ether oxygens (including phenoxy) is 2. The van der Waals surface area contributed by atoms with Crippen molar-refractivity contribution in [2.45, 2.75) is 18.0 Å². The van der Waals surface area contributed by atoms with Crippen LogP contribution in [0.2, 0.25) is 5.02 Å². The number of aryl methyl sites for hydroxylation is 1. The van der Waals surface area contributed by atoms with Crippen LogP contribution in [-0.2, 0) is 15.8 Å². The van der Waals surface area contributed by atoms with Gasteiger partial charge in [-0.05, 0) is 54.5 Å². The summed E-state index contributed by atoms with van der Waals surface area (Å²) >= 11 is 7.16. The lowest BCUT2D eigenvalue weighted by Crippen LogP contribution is -2.07. The number of benzene rings is 2. The highest BCUT2D eigenvalue weighted by Gasteiger charge is 2.33. The van der Waals surface area contributed by atoms with Crippen molar-refractivity contribution in [3.8, 4) is 11.5 Å². The molecule has 0 amide bonds. The topological polar surface area (TPSA) is 52.6 Å². The normalized spacial score (nSPS) is 10.4. The lowest BCUT2D eigenvalue weighted by molar-refractivity contribution is -0.191. The molecule has 2 aromatic carbocycles. The van der Waals surface area contributed by atoms with Gasteiger partial charge in [0, 0.05) is 10.6 Å². The van der Waals surface area contributed by atoms with Crippen molar-refractivity contribution in [2.24, 2.45) is 0 Å². The average Bonchev–Trinajstić information content (AvgIpc) is 2.65. The van der Waals surface area contributed by atoms with Crippen LogP contribution < -0.4 is 9.47 Å². The molecule has 0 atom stereocenters. The Morgan fingerprint density at radius 2 is 1.86 bits per heavy atom. The summed E-state index contributed by atoms with van der Waals surface area (Å²) < 4.78 is 49.2. The number of rotatable bonds is 7. The fourth-order valence-electron chi connectivity index (χ4n) is 2.16. The van der Waals surface area contributed by atoms with E-state index >= 15 is 0 Å². The van der Waals surface area contributed by atoms with Gasteiger partial charge in [0.2, 0.25) is 0 Å². The first kappa shape index (κ1) is 24.6. The highest BCUT2D eigenvalue weighted by atomic mass is 35.5. The lowest BCUT2D eigenvalue weighted by atomic mass is 10.2. The van der Waals surface area contributed by atoms with Gasteiger partial charge in [-0.2, -0.15) is 22.8 Å². The van der Waals surface area contributed by atoms with E-state index < -0.39 is 11.7 Å². The first-order chi connectivity index (χ1) is 13.6. The average molecular weight is 447 g/mol. The van der Waals surface area contributed by atoms with Gasteiger partial charge < -0.3 is 9.47 Å². The van der Waals surface area contributed by atoms with Crippen molar-refractivity contribution in [2.75, 3.05) is 19.5 Å². The predicted octanol–water partition coefficient (Wildman–Crippen LogP) is 5.82. The number of thioether (sulfide) groups is 1. The summed E-state index contributed by atoms with van der Waals surface area (Å²) in [7, 11) is 1.62. The molecule has 0 aliphatic heterocycles. The van der Waals surface area contributed by atoms with E-state index in [-0.39, 0.29) is 23.5 Å². The maximum atomic E-state index is 12.9. The Balaban J connectivity index is 0.00000132. The van der Waals surface area contributed by atoms with Crippen LogP contribution in [0.15, 0.2) is 53.4 Å². The summed E-state index contributed by atoms with van der Waals surface area (Å²) in [4.78, 5) is 17.3. The minimum atomic E-state index is -4.52. The maximum absolute atomic E-state index is 12.9. The van der Waals surface area contributed by atoms with Crippen molar-refractivity contribution >= 4 is 29.5 Å². The van der Waals surface area contributed by atoms with Gasteiger partial charge in [-0.1, -0.05) is 18.2 Å². The molecule has 0 aromatic heterocycles. The van der Waals surface area contributed by atoms with Crippen LogP contribution in [0.4, 0.5) is 13.2 Å². The molecule has 0 unspecified atom stereocenters. The van der Waals surface area contributed by atoms with Crippen LogP contribution in [0.5, 0.6) is 11.5 Å². The first-order valence-corrected chi connectivity index (χ1v) is 9.41. The Hall–Kier alpha value is -2.41. The van der Waals surface area contributed by atoms with Crippen molar-refractivity contribution in [1.82, 2.24) is 0 Å². The minimum absolute atomic E-state index is 0.105. The Kier molecular flexibility index (Phi) is 9.81. The van der Waals surface area contributed by atoms with Gasteiger partial charge in [0.1, 0.15) is 18.1 Å². The molecule has 4 nitrogen and oxygen atoms in total. The zero-order chi connectivity index (χ0) is 22.0. The molecule has 0 aliphatic carbocycles. The summed E-state index contributed by atoms with van der Waals surface area (Å²) in [6, 6.07) is 9.33. The molecule has 156 valence electrons. The predicted molar refractivity (Wildman–Crippen MR) is 105 cm³/mol. The molecule has 0 spiro atoms. The van der Waals surface area contributed by atoms with Crippen LogP contribution in [0.1, 0.15) is 11.1 Å². The highest BCUT2D eigenvalue weighted by Crippen LogP contribution is 2.36. The second-order valence-corrected chi connectivity index (χ2v) is 7.14. The SMILES string of the molecule is C=C(COc1ccc(Cl)c(C(F)(F)F)c1)CSc1ccc(OC)c(C)c1.O=C=O. The fourth-order valence-corrected chi connectivity index (χ4v) is 3.27. The molecule has 0 radical (unpaired) electrons. The summed E-state index contributed by atoms with van der Waals surface area (Å²) in [5.41, 5.74) is 0.873. The molecule has 0 fully saturated rings. The van der Waals surface area contributed by atoms with Gasteiger partial charge in [-0.3, -0.25) is 0 Å². The smallest absolute Gasteiger partial charge is 0.417 e. The molecule has 0 N–H and O–H groups in total. The third kappa shape index (κ3) is 8.23. The maximum Gasteiger partial charge on any atom is 0.417 e. The standard InChI is InChI=1S/C19H18ClF3O2S.CO2/c1-12(11-26-15-5-7-18(24-3)13(2)8-15)10-25-14-4-6-17(20)16(9-14)19(21,22)23;2-1-3/h4-9H,1,10-11H2,2-3H3;. The van der Waals surface area contributed by atoms with E-state index in [4.69, 9.17) is 30.7 Å². The van der Waals surface area contributed by atoms with E-state index in [0.717, 1.165) is 27.8 Å². The molecular formula is C20H18ClF3O4S. The molecule has 0 saturated heterocycles. The van der Waals surface area contributed by atoms with E-state index in [9.17, 15) is 13.2 Å². The number of halogens is 4. The summed E-state index contributed by atoms with van der Waals surface area (Å²) in [6.45, 7) is 5.99. The van der Waals surface area contributed by atoms with E-state index in [1.165, 1.54) is 12.1 Å². The summed E-state index contributed by atoms with van der Waals surface area (Å²) in [5, 5.41) is -0.353. The van der Waals surface area contributed by atoms with Crippen molar-refractivity contribution in [3.05, 3.63) is 64.7 Å². The van der Waals surface area contributed by atoms with E-state index in [2.05, 4.69) is 6.58 Å².